The molecule has 3 heterocycles. The van der Waals surface area contributed by atoms with Crippen LogP contribution in [0, 0.1) is 0 Å². The quantitative estimate of drug-likeness (QED) is 0.111. The molecule has 2 saturated heterocycles. The molecule has 1 aromatic heterocycles. The van der Waals surface area contributed by atoms with Gasteiger partial charge in [-0.15, -0.1) is 0 Å². The summed E-state index contributed by atoms with van der Waals surface area (Å²) in [5.74, 6) is 2.45. The van der Waals surface area contributed by atoms with Crippen LogP contribution in [0.25, 0.3) is 0 Å². The summed E-state index contributed by atoms with van der Waals surface area (Å²) < 4.78 is 5.81. The van der Waals surface area contributed by atoms with Crippen LogP contribution in [0.5, 0.6) is 5.75 Å². The molecule has 0 radical (unpaired) electrons. The minimum atomic E-state index is 0.0596. The predicted molar refractivity (Wildman–Crippen MR) is 185 cm³/mol. The topological polar surface area (TPSA) is 65.0 Å². The number of anilines is 3. The lowest BCUT2D eigenvalue weighted by molar-refractivity contribution is 0.0746. The molecule has 1 amide bonds. The van der Waals surface area contributed by atoms with Crippen molar-refractivity contribution in [2.75, 3.05) is 73.7 Å². The van der Waals surface area contributed by atoms with Gasteiger partial charge < -0.3 is 24.3 Å². The third kappa shape index (κ3) is 7.60. The molecule has 0 aliphatic carbocycles. The molecule has 6 rings (SSSR count). The fourth-order valence-electron chi connectivity index (χ4n) is 5.72. The molecule has 45 heavy (non-hydrogen) atoms. The van der Waals surface area contributed by atoms with Crippen molar-refractivity contribution in [2.45, 2.75) is 17.8 Å². The van der Waals surface area contributed by atoms with Gasteiger partial charge >= 0.3 is 0 Å². The molecule has 234 valence electrons. The van der Waals surface area contributed by atoms with Crippen LogP contribution >= 0.6 is 35.0 Å². The van der Waals surface area contributed by atoms with Crippen molar-refractivity contribution in [1.82, 2.24) is 14.9 Å². The van der Waals surface area contributed by atoms with E-state index in [0.717, 1.165) is 72.8 Å². The molecule has 0 unspecified atom stereocenters. The van der Waals surface area contributed by atoms with Crippen molar-refractivity contribution in [3.63, 3.8) is 0 Å². The molecular weight excluding hydrogens is 627 g/mol. The smallest absolute Gasteiger partial charge is 0.253 e. The minimum absolute atomic E-state index is 0.0596. The maximum absolute atomic E-state index is 13.3. The highest BCUT2D eigenvalue weighted by Crippen LogP contribution is 2.30. The van der Waals surface area contributed by atoms with E-state index in [4.69, 9.17) is 32.9 Å². The van der Waals surface area contributed by atoms with Crippen molar-refractivity contribution in [3.05, 3.63) is 100 Å². The van der Waals surface area contributed by atoms with Crippen LogP contribution in [0.2, 0.25) is 10.2 Å². The summed E-state index contributed by atoms with van der Waals surface area (Å²) in [6.45, 7) is 8.80. The number of rotatable bonds is 9. The van der Waals surface area contributed by atoms with Gasteiger partial charge in [0.25, 0.3) is 5.91 Å². The first-order valence-corrected chi connectivity index (χ1v) is 17.0. The number of carbonyl (C=O) groups excluding carboxylic acids is 1. The molecule has 2 aliphatic rings. The zero-order valence-corrected chi connectivity index (χ0v) is 27.6. The Labute approximate surface area is 278 Å². The molecule has 0 N–H and O–H groups in total. The van der Waals surface area contributed by atoms with Gasteiger partial charge in [-0.25, -0.2) is 9.97 Å². The fourth-order valence-corrected chi connectivity index (χ4v) is 7.01. The number of hydrogen-bond donors (Lipinski definition) is 0. The minimum Gasteiger partial charge on any atom is -0.492 e. The normalized spacial score (nSPS) is 15.4. The SMILES string of the molecule is CCOc1ccccc1N1CCN(C(=O)c2ccc(CSc3nc(Cl)cc(N4CCN(c5ccccc5Cl)CC4)n3)cc2)CC1. The Bertz CT molecular complexity index is 1610. The van der Waals surface area contributed by atoms with E-state index in [2.05, 4.69) is 31.8 Å². The summed E-state index contributed by atoms with van der Waals surface area (Å²) in [4.78, 5) is 31.3. The Kier molecular flexibility index (Phi) is 10.2. The lowest BCUT2D eigenvalue weighted by atomic mass is 10.1. The summed E-state index contributed by atoms with van der Waals surface area (Å²) >= 11 is 14.4. The number of para-hydroxylation sites is 3. The van der Waals surface area contributed by atoms with Crippen molar-refractivity contribution < 1.29 is 9.53 Å². The standard InChI is InChI=1S/C34H36Cl2N6O2S/c1-2-44-30-10-6-5-9-29(30)40-17-21-42(22-18-40)33(43)26-13-11-25(12-14-26)24-45-34-37-31(36)23-32(38-34)41-19-15-39(16-20-41)28-8-4-3-7-27(28)35/h3-14,23H,2,15-22,24H2,1H3. The van der Waals surface area contributed by atoms with E-state index in [1.807, 2.05) is 78.6 Å². The van der Waals surface area contributed by atoms with Crippen LogP contribution in [-0.2, 0) is 5.75 Å². The Balaban J connectivity index is 1.01. The Morgan fingerprint density at radius 3 is 2.11 bits per heavy atom. The van der Waals surface area contributed by atoms with Gasteiger partial charge in [-0.3, -0.25) is 4.79 Å². The van der Waals surface area contributed by atoms with Gasteiger partial charge in [0, 0.05) is 69.7 Å². The molecule has 0 spiro atoms. The summed E-state index contributed by atoms with van der Waals surface area (Å²) in [5, 5.41) is 1.83. The third-order valence-corrected chi connectivity index (χ3v) is 9.53. The monoisotopic (exact) mass is 662 g/mol. The molecule has 8 nitrogen and oxygen atoms in total. The predicted octanol–water partition coefficient (Wildman–Crippen LogP) is 6.76. The van der Waals surface area contributed by atoms with E-state index >= 15 is 0 Å². The van der Waals surface area contributed by atoms with Gasteiger partial charge in [0.2, 0.25) is 0 Å². The highest BCUT2D eigenvalue weighted by atomic mass is 35.5. The number of carbonyl (C=O) groups is 1. The molecule has 0 saturated carbocycles. The second-order valence-electron chi connectivity index (χ2n) is 10.9. The number of halogens is 2. The largest absolute Gasteiger partial charge is 0.492 e. The van der Waals surface area contributed by atoms with Crippen LogP contribution in [0.3, 0.4) is 0 Å². The van der Waals surface area contributed by atoms with Gasteiger partial charge in [-0.2, -0.15) is 0 Å². The van der Waals surface area contributed by atoms with Crippen LogP contribution in [0.4, 0.5) is 17.2 Å². The summed E-state index contributed by atoms with van der Waals surface area (Å²) in [7, 11) is 0. The zero-order chi connectivity index (χ0) is 31.2. The Hall–Kier alpha value is -3.66. The van der Waals surface area contributed by atoms with Crippen LogP contribution in [0.15, 0.2) is 84.0 Å². The van der Waals surface area contributed by atoms with Crippen molar-refractivity contribution in [1.29, 1.82) is 0 Å². The van der Waals surface area contributed by atoms with Crippen molar-refractivity contribution in [3.8, 4) is 5.75 Å². The average Bonchev–Trinajstić information content (AvgIpc) is 3.08. The molecule has 11 heteroatoms. The average molecular weight is 664 g/mol. The number of nitrogens with zero attached hydrogens (tertiary/aromatic N) is 6. The number of piperazine rings is 2. The van der Waals surface area contributed by atoms with Crippen LogP contribution in [0.1, 0.15) is 22.8 Å². The van der Waals surface area contributed by atoms with Crippen molar-refractivity contribution >= 4 is 58.1 Å². The molecule has 4 aromatic rings. The number of amides is 1. The van der Waals surface area contributed by atoms with E-state index < -0.39 is 0 Å². The van der Waals surface area contributed by atoms with Gasteiger partial charge in [-0.1, -0.05) is 71.4 Å². The van der Waals surface area contributed by atoms with Crippen LogP contribution < -0.4 is 19.4 Å². The number of hydrogen-bond acceptors (Lipinski definition) is 8. The van der Waals surface area contributed by atoms with E-state index in [1.165, 1.54) is 11.8 Å². The molecule has 2 fully saturated rings. The Morgan fingerprint density at radius 1 is 0.778 bits per heavy atom. The maximum atomic E-state index is 13.3. The molecule has 2 aliphatic heterocycles. The molecule has 0 bridgehead atoms. The highest BCUT2D eigenvalue weighted by Gasteiger charge is 2.24. The first kappa shape index (κ1) is 31.3. The molecule has 0 atom stereocenters. The lowest BCUT2D eigenvalue weighted by Crippen LogP contribution is -2.48. The first-order valence-electron chi connectivity index (χ1n) is 15.3. The fraction of sp³-hybridized carbons (Fsp3) is 0.324. The van der Waals surface area contributed by atoms with E-state index in [-0.39, 0.29) is 5.91 Å². The number of thioether (sulfide) groups is 1. The number of ether oxygens (including phenoxy) is 1. The summed E-state index contributed by atoms with van der Waals surface area (Å²) in [5.41, 5.74) is 3.93. The first-order chi connectivity index (χ1) is 22.0. The molecular formula is C34H36Cl2N6O2S. The lowest BCUT2D eigenvalue weighted by Gasteiger charge is -2.37. The maximum Gasteiger partial charge on any atom is 0.253 e. The molecule has 3 aromatic carbocycles. The second-order valence-corrected chi connectivity index (χ2v) is 12.7. The summed E-state index contributed by atoms with van der Waals surface area (Å²) in [6.07, 6.45) is 0. The Morgan fingerprint density at radius 2 is 1.40 bits per heavy atom. The zero-order valence-electron chi connectivity index (χ0n) is 25.2. The van der Waals surface area contributed by atoms with E-state index in [0.29, 0.717) is 41.3 Å². The van der Waals surface area contributed by atoms with Crippen molar-refractivity contribution in [2.24, 2.45) is 0 Å². The van der Waals surface area contributed by atoms with E-state index in [1.54, 1.807) is 0 Å². The second kappa shape index (κ2) is 14.6. The highest BCUT2D eigenvalue weighted by molar-refractivity contribution is 7.98. The number of benzene rings is 3. The third-order valence-electron chi connectivity index (χ3n) is 8.10. The van der Waals surface area contributed by atoms with Gasteiger partial charge in [-0.05, 0) is 48.9 Å². The van der Waals surface area contributed by atoms with Crippen LogP contribution in [-0.4, -0.2) is 79.7 Å². The van der Waals surface area contributed by atoms with Gasteiger partial charge in [0.05, 0.1) is 23.0 Å². The summed E-state index contributed by atoms with van der Waals surface area (Å²) in [6, 6.07) is 25.7. The van der Waals surface area contributed by atoms with E-state index in [9.17, 15) is 4.79 Å². The number of aromatic nitrogens is 2. The van der Waals surface area contributed by atoms with Gasteiger partial charge in [0.15, 0.2) is 5.16 Å². The van der Waals surface area contributed by atoms with Gasteiger partial charge in [0.1, 0.15) is 16.7 Å².